The van der Waals surface area contributed by atoms with Gasteiger partial charge in [0.1, 0.15) is 0 Å². The Morgan fingerprint density at radius 1 is 1.17 bits per heavy atom. The lowest BCUT2D eigenvalue weighted by atomic mass is 9.96. The van der Waals surface area contributed by atoms with E-state index in [-0.39, 0.29) is 23.3 Å². The Bertz CT molecular complexity index is 787. The van der Waals surface area contributed by atoms with Crippen LogP contribution < -0.4 is 0 Å². The van der Waals surface area contributed by atoms with E-state index in [0.29, 0.717) is 0 Å². The summed E-state index contributed by atoms with van der Waals surface area (Å²) in [5.41, 5.74) is -2.27. The van der Waals surface area contributed by atoms with Crippen LogP contribution in [0.4, 0.5) is 18.9 Å². The third-order valence-electron chi connectivity index (χ3n) is 3.23. The quantitative estimate of drug-likeness (QED) is 0.468. The molecule has 24 heavy (non-hydrogen) atoms. The average Bonchev–Trinajstić information content (AvgIpc) is 2.53. The van der Waals surface area contributed by atoms with Gasteiger partial charge in [0.25, 0.3) is 5.69 Å². The van der Waals surface area contributed by atoms with Gasteiger partial charge in [-0.15, -0.1) is 0 Å². The first-order valence-corrected chi connectivity index (χ1v) is 6.88. The molecule has 0 aliphatic heterocycles. The van der Waals surface area contributed by atoms with E-state index >= 15 is 0 Å². The van der Waals surface area contributed by atoms with Gasteiger partial charge in [-0.1, -0.05) is 18.2 Å². The van der Waals surface area contributed by atoms with Crippen molar-refractivity contribution >= 4 is 11.7 Å². The van der Waals surface area contributed by atoms with Crippen LogP contribution >= 0.6 is 0 Å². The first-order valence-electron chi connectivity index (χ1n) is 6.88. The standard InChI is InChI=1S/C16H12F3NO4/c1-2-24-15(21)10-7-8-14(20(22)23)12(9-10)11-5-3-4-6-13(11)16(17,18)19/h3-9H,2H2,1H3. The second-order valence-electron chi connectivity index (χ2n) is 4.75. The molecule has 0 unspecified atom stereocenters. The van der Waals surface area contributed by atoms with E-state index in [0.717, 1.165) is 30.3 Å². The molecule has 2 aromatic carbocycles. The van der Waals surface area contributed by atoms with Crippen LogP contribution in [0.3, 0.4) is 0 Å². The molecule has 0 heterocycles. The first-order chi connectivity index (χ1) is 11.3. The topological polar surface area (TPSA) is 69.4 Å². The molecule has 0 aliphatic rings. The Balaban J connectivity index is 2.70. The molecule has 0 fully saturated rings. The van der Waals surface area contributed by atoms with E-state index in [1.807, 2.05) is 0 Å². The van der Waals surface area contributed by atoms with Crippen LogP contribution in [0, 0.1) is 10.1 Å². The number of nitrogens with zero attached hydrogens (tertiary/aromatic N) is 1. The van der Waals surface area contributed by atoms with Crippen molar-refractivity contribution in [3.8, 4) is 11.1 Å². The maximum absolute atomic E-state index is 13.2. The second-order valence-corrected chi connectivity index (χ2v) is 4.75. The lowest BCUT2D eigenvalue weighted by molar-refractivity contribution is -0.384. The highest BCUT2D eigenvalue weighted by Crippen LogP contribution is 2.40. The van der Waals surface area contributed by atoms with Crippen LogP contribution in [-0.4, -0.2) is 17.5 Å². The van der Waals surface area contributed by atoms with E-state index in [2.05, 4.69) is 0 Å². The van der Waals surface area contributed by atoms with Crippen LogP contribution in [0.15, 0.2) is 42.5 Å². The molecule has 0 atom stereocenters. The third-order valence-corrected chi connectivity index (χ3v) is 3.23. The van der Waals surface area contributed by atoms with Gasteiger partial charge in [-0.05, 0) is 25.1 Å². The van der Waals surface area contributed by atoms with Crippen LogP contribution in [-0.2, 0) is 10.9 Å². The van der Waals surface area contributed by atoms with Crippen molar-refractivity contribution in [3.05, 3.63) is 63.7 Å². The predicted octanol–water partition coefficient (Wildman–Crippen LogP) is 4.46. The van der Waals surface area contributed by atoms with Gasteiger partial charge in [0.05, 0.1) is 28.2 Å². The zero-order valence-electron chi connectivity index (χ0n) is 12.5. The summed E-state index contributed by atoms with van der Waals surface area (Å²) < 4.78 is 44.3. The number of hydrogen-bond donors (Lipinski definition) is 0. The molecule has 0 amide bonds. The van der Waals surface area contributed by atoms with Gasteiger partial charge in [-0.2, -0.15) is 13.2 Å². The highest BCUT2D eigenvalue weighted by atomic mass is 19.4. The van der Waals surface area contributed by atoms with Crippen molar-refractivity contribution < 1.29 is 27.6 Å². The minimum absolute atomic E-state index is 0.0607. The maximum Gasteiger partial charge on any atom is 0.417 e. The van der Waals surface area contributed by atoms with E-state index in [9.17, 15) is 28.1 Å². The molecule has 0 saturated carbocycles. The minimum atomic E-state index is -4.69. The summed E-state index contributed by atoms with van der Waals surface area (Å²) in [5.74, 6) is -0.766. The third kappa shape index (κ3) is 3.53. The fraction of sp³-hybridized carbons (Fsp3) is 0.188. The molecule has 0 spiro atoms. The minimum Gasteiger partial charge on any atom is -0.462 e. The Morgan fingerprint density at radius 3 is 2.42 bits per heavy atom. The van der Waals surface area contributed by atoms with Gasteiger partial charge < -0.3 is 4.74 Å². The van der Waals surface area contributed by atoms with Crippen molar-refractivity contribution in [1.82, 2.24) is 0 Å². The lowest BCUT2D eigenvalue weighted by Crippen LogP contribution is -2.09. The van der Waals surface area contributed by atoms with E-state index in [1.165, 1.54) is 12.1 Å². The summed E-state index contributed by atoms with van der Waals surface area (Å²) >= 11 is 0. The molecule has 0 saturated heterocycles. The average molecular weight is 339 g/mol. The van der Waals surface area contributed by atoms with Gasteiger partial charge in [-0.25, -0.2) is 4.79 Å². The van der Waals surface area contributed by atoms with Gasteiger partial charge in [0, 0.05) is 11.6 Å². The smallest absolute Gasteiger partial charge is 0.417 e. The van der Waals surface area contributed by atoms with Crippen molar-refractivity contribution in [1.29, 1.82) is 0 Å². The molecule has 2 rings (SSSR count). The van der Waals surface area contributed by atoms with Gasteiger partial charge in [0.2, 0.25) is 0 Å². The largest absolute Gasteiger partial charge is 0.462 e. The molecule has 8 heteroatoms. The molecular formula is C16H12F3NO4. The number of benzene rings is 2. The molecule has 0 bridgehead atoms. The number of nitro benzene ring substituents is 1. The van der Waals surface area contributed by atoms with Gasteiger partial charge in [0.15, 0.2) is 0 Å². The zero-order valence-corrected chi connectivity index (χ0v) is 12.5. The van der Waals surface area contributed by atoms with Crippen molar-refractivity contribution in [2.75, 3.05) is 6.61 Å². The first kappa shape index (κ1) is 17.5. The Kier molecular flexibility index (Phi) is 4.87. The SMILES string of the molecule is CCOC(=O)c1ccc([N+](=O)[O-])c(-c2ccccc2C(F)(F)F)c1. The molecule has 0 N–H and O–H groups in total. The molecule has 5 nitrogen and oxygen atoms in total. The number of nitro groups is 1. The van der Waals surface area contributed by atoms with Crippen molar-refractivity contribution in [3.63, 3.8) is 0 Å². The molecule has 2 aromatic rings. The van der Waals surface area contributed by atoms with Crippen LogP contribution in [0.5, 0.6) is 0 Å². The number of hydrogen-bond acceptors (Lipinski definition) is 4. The Labute approximate surface area is 134 Å². The van der Waals surface area contributed by atoms with Crippen LogP contribution in [0.25, 0.3) is 11.1 Å². The Morgan fingerprint density at radius 2 is 1.83 bits per heavy atom. The van der Waals surface area contributed by atoms with E-state index in [4.69, 9.17) is 4.74 Å². The number of halogens is 3. The number of rotatable bonds is 4. The highest BCUT2D eigenvalue weighted by Gasteiger charge is 2.35. The number of alkyl halides is 3. The van der Waals surface area contributed by atoms with E-state index < -0.39 is 28.3 Å². The van der Waals surface area contributed by atoms with Crippen LogP contribution in [0.1, 0.15) is 22.8 Å². The number of ether oxygens (including phenoxy) is 1. The molecule has 126 valence electrons. The van der Waals surface area contributed by atoms with Crippen molar-refractivity contribution in [2.45, 2.75) is 13.1 Å². The summed E-state index contributed by atoms with van der Waals surface area (Å²) in [5, 5.41) is 11.2. The number of esters is 1. The zero-order chi connectivity index (χ0) is 17.9. The van der Waals surface area contributed by atoms with Gasteiger partial charge in [-0.3, -0.25) is 10.1 Å². The highest BCUT2D eigenvalue weighted by molar-refractivity contribution is 5.93. The number of carbonyl (C=O) groups is 1. The summed E-state index contributed by atoms with van der Waals surface area (Å²) in [6.45, 7) is 1.65. The lowest BCUT2D eigenvalue weighted by Gasteiger charge is -2.13. The van der Waals surface area contributed by atoms with Gasteiger partial charge >= 0.3 is 12.1 Å². The molecule has 0 aromatic heterocycles. The second kappa shape index (κ2) is 6.69. The summed E-state index contributed by atoms with van der Waals surface area (Å²) in [7, 11) is 0. The summed E-state index contributed by atoms with van der Waals surface area (Å²) in [6, 6.07) is 7.67. The summed E-state index contributed by atoms with van der Waals surface area (Å²) in [6.07, 6.45) is -4.69. The summed E-state index contributed by atoms with van der Waals surface area (Å²) in [4.78, 5) is 22.2. The monoisotopic (exact) mass is 339 g/mol. The number of carbonyl (C=O) groups excluding carboxylic acids is 1. The maximum atomic E-state index is 13.2. The fourth-order valence-corrected chi connectivity index (χ4v) is 2.22. The van der Waals surface area contributed by atoms with E-state index in [1.54, 1.807) is 6.92 Å². The molecule has 0 radical (unpaired) electrons. The van der Waals surface area contributed by atoms with Crippen molar-refractivity contribution in [2.24, 2.45) is 0 Å². The predicted molar refractivity (Wildman–Crippen MR) is 79.5 cm³/mol. The fourth-order valence-electron chi connectivity index (χ4n) is 2.22. The normalized spacial score (nSPS) is 11.2. The molecule has 0 aliphatic carbocycles. The molecular weight excluding hydrogens is 327 g/mol. The Hall–Kier alpha value is -2.90. The van der Waals surface area contributed by atoms with Crippen LogP contribution in [0.2, 0.25) is 0 Å².